The van der Waals surface area contributed by atoms with Crippen LogP contribution in [0.15, 0.2) is 98.9 Å². The maximum atomic E-state index is 13.8. The molecule has 0 radical (unpaired) electrons. The van der Waals surface area contributed by atoms with E-state index in [4.69, 9.17) is 0 Å². The van der Waals surface area contributed by atoms with E-state index in [0.717, 1.165) is 9.21 Å². The number of carbonyl (C=O) groups is 4. The second-order valence-corrected chi connectivity index (χ2v) is 16.5. The highest BCUT2D eigenvalue weighted by atomic mass is 32.2. The van der Waals surface area contributed by atoms with E-state index in [1.54, 1.807) is 48.3 Å². The van der Waals surface area contributed by atoms with Gasteiger partial charge in [-0.25, -0.2) is 17.9 Å². The second kappa shape index (κ2) is 17.2. The van der Waals surface area contributed by atoms with Crippen molar-refractivity contribution in [2.24, 2.45) is 7.05 Å². The number of carboxylic acids is 1. The van der Waals surface area contributed by atoms with Gasteiger partial charge >= 0.3 is 5.97 Å². The van der Waals surface area contributed by atoms with Gasteiger partial charge in [0.25, 0.3) is 17.4 Å². The van der Waals surface area contributed by atoms with Crippen molar-refractivity contribution in [2.45, 2.75) is 27.4 Å². The summed E-state index contributed by atoms with van der Waals surface area (Å²) in [6, 6.07) is 14.0. The number of H-pyrrole nitrogens is 1. The maximum Gasteiger partial charge on any atom is 0.352 e. The zero-order valence-electron chi connectivity index (χ0n) is 29.6. The standard InChI is InChI=1S/C35H36N8O10S3/c1-41-26(17-36-40-41)54-18-22-19-55-34-28(33(49)43(34)29(22)35(50)51)39-32(48)27(21-5-3-2-4-6-21)38-31(47)24-11-12-25(37-30(24)46)20-7-9-23(10-8-20)56(52,53)42(13-15-44)14-16-45/h2-12,17,27-28,34,44-45H,13-16,18-19H2,1H3,(H,37,46)(H,38,47)(H,39,48)(H,50,51)/t27?,28?,34-/m0/s1. The molecule has 0 aliphatic carbocycles. The fourth-order valence-corrected chi connectivity index (χ4v) is 9.91. The Labute approximate surface area is 328 Å². The Bertz CT molecular complexity index is 2330. The number of nitrogens with one attached hydrogen (secondary N) is 3. The number of rotatable bonds is 16. The average Bonchev–Trinajstić information content (AvgIpc) is 3.61. The van der Waals surface area contributed by atoms with Crippen LogP contribution in [0.25, 0.3) is 11.3 Å². The van der Waals surface area contributed by atoms with Gasteiger partial charge in [-0.15, -0.1) is 28.6 Å². The number of pyridine rings is 1. The maximum absolute atomic E-state index is 13.8. The number of benzene rings is 2. The molecule has 4 heterocycles. The van der Waals surface area contributed by atoms with Crippen molar-refractivity contribution in [2.75, 3.05) is 37.8 Å². The Balaban J connectivity index is 1.16. The van der Waals surface area contributed by atoms with E-state index in [1.165, 1.54) is 59.9 Å². The van der Waals surface area contributed by atoms with Crippen LogP contribution in [0.4, 0.5) is 0 Å². The van der Waals surface area contributed by atoms with Crippen LogP contribution in [0.5, 0.6) is 0 Å². The molecule has 294 valence electrons. The normalized spacial score (nSPS) is 17.3. The van der Waals surface area contributed by atoms with Gasteiger partial charge in [0.2, 0.25) is 15.9 Å². The summed E-state index contributed by atoms with van der Waals surface area (Å²) in [6.45, 7) is -1.28. The zero-order valence-corrected chi connectivity index (χ0v) is 32.0. The fourth-order valence-electron chi connectivity index (χ4n) is 6.11. The molecule has 0 spiro atoms. The van der Waals surface area contributed by atoms with Gasteiger partial charge in [0.1, 0.15) is 33.7 Å². The first-order chi connectivity index (χ1) is 26.8. The minimum Gasteiger partial charge on any atom is -0.477 e. The first kappa shape index (κ1) is 40.3. The predicted octanol–water partition coefficient (Wildman–Crippen LogP) is 0.148. The van der Waals surface area contributed by atoms with Crippen LogP contribution < -0.4 is 16.2 Å². The number of aliphatic hydroxyl groups excluding tert-OH is 2. The molecule has 0 saturated carbocycles. The summed E-state index contributed by atoms with van der Waals surface area (Å²) in [4.78, 5) is 70.0. The Kier molecular flexibility index (Phi) is 12.4. The van der Waals surface area contributed by atoms with Gasteiger partial charge in [-0.3, -0.25) is 24.1 Å². The van der Waals surface area contributed by atoms with Crippen molar-refractivity contribution < 1.29 is 42.9 Å². The quantitative estimate of drug-likeness (QED) is 0.0650. The highest BCUT2D eigenvalue weighted by Crippen LogP contribution is 2.41. The molecule has 1 saturated heterocycles. The first-order valence-electron chi connectivity index (χ1n) is 16.9. The van der Waals surface area contributed by atoms with Crippen molar-refractivity contribution >= 4 is 57.2 Å². The van der Waals surface area contributed by atoms with E-state index in [-0.39, 0.29) is 46.4 Å². The molecule has 6 N–H and O–H groups in total. The molecule has 0 bridgehead atoms. The molecule has 2 aliphatic rings. The number of amides is 3. The molecule has 56 heavy (non-hydrogen) atoms. The summed E-state index contributed by atoms with van der Waals surface area (Å²) < 4.78 is 28.4. The SMILES string of the molecule is Cn1nncc1SCC1=C(C(=O)O)N2C(=O)C(NC(=O)C(NC(=O)c3ccc(-c4ccc(S(=O)(=O)N(CCO)CCO)cc4)[nH]c3=O)c3ccccc3)[C@@H]2SC1. The highest BCUT2D eigenvalue weighted by Gasteiger charge is 2.54. The molecule has 18 nitrogen and oxygen atoms in total. The third-order valence-corrected chi connectivity index (χ3v) is 13.4. The van der Waals surface area contributed by atoms with Crippen molar-refractivity contribution in [3.8, 4) is 11.3 Å². The van der Waals surface area contributed by atoms with E-state index in [9.17, 15) is 47.7 Å². The monoisotopic (exact) mass is 824 g/mol. The molecule has 3 atom stereocenters. The van der Waals surface area contributed by atoms with E-state index in [0.29, 0.717) is 21.7 Å². The number of fused-ring (bicyclic) bond motifs is 1. The van der Waals surface area contributed by atoms with Crippen molar-refractivity contribution in [1.29, 1.82) is 0 Å². The Hall–Kier alpha value is -5.32. The molecule has 2 aliphatic heterocycles. The highest BCUT2D eigenvalue weighted by molar-refractivity contribution is 8.01. The zero-order chi connectivity index (χ0) is 40.1. The molecule has 1 fully saturated rings. The number of aromatic amines is 1. The number of thioether (sulfide) groups is 2. The van der Waals surface area contributed by atoms with E-state index < -0.39 is 69.9 Å². The lowest BCUT2D eigenvalue weighted by molar-refractivity contribution is -0.151. The third-order valence-electron chi connectivity index (χ3n) is 8.94. The number of sulfonamides is 1. The van der Waals surface area contributed by atoms with E-state index >= 15 is 0 Å². The number of carbonyl (C=O) groups excluding carboxylic acids is 3. The van der Waals surface area contributed by atoms with Gasteiger partial charge in [0, 0.05) is 37.3 Å². The van der Waals surface area contributed by atoms with Crippen LogP contribution >= 0.6 is 23.5 Å². The lowest BCUT2D eigenvalue weighted by atomic mass is 10.0. The molecule has 4 aromatic rings. The molecule has 2 aromatic heterocycles. The van der Waals surface area contributed by atoms with Crippen LogP contribution in [0.1, 0.15) is 22.0 Å². The minimum absolute atomic E-state index is 0.0950. The van der Waals surface area contributed by atoms with Gasteiger partial charge in [-0.05, 0) is 41.0 Å². The number of nitrogens with zero attached hydrogens (tertiary/aromatic N) is 5. The predicted molar refractivity (Wildman–Crippen MR) is 203 cm³/mol. The lowest BCUT2D eigenvalue weighted by Crippen LogP contribution is -2.71. The van der Waals surface area contributed by atoms with E-state index in [1.807, 2.05) is 0 Å². The summed E-state index contributed by atoms with van der Waals surface area (Å²) in [7, 11) is -2.32. The average molecular weight is 825 g/mol. The number of aliphatic hydroxyl groups is 2. The van der Waals surface area contributed by atoms with Gasteiger partial charge < -0.3 is 30.9 Å². The molecule has 3 amide bonds. The molecule has 21 heteroatoms. The molecule has 2 unspecified atom stereocenters. The van der Waals surface area contributed by atoms with E-state index in [2.05, 4.69) is 25.9 Å². The van der Waals surface area contributed by atoms with Crippen molar-refractivity contribution in [3.05, 3.63) is 106 Å². The second-order valence-electron chi connectivity index (χ2n) is 12.4. The van der Waals surface area contributed by atoms with Gasteiger partial charge in [0.15, 0.2) is 0 Å². The van der Waals surface area contributed by atoms with Crippen LogP contribution in [0.3, 0.4) is 0 Å². The number of hydrogen-bond donors (Lipinski definition) is 6. The Morgan fingerprint density at radius 1 is 1.04 bits per heavy atom. The van der Waals surface area contributed by atoms with Gasteiger partial charge in [0.05, 0.1) is 24.3 Å². The number of hydrogen-bond acceptors (Lipinski definition) is 13. The van der Waals surface area contributed by atoms with Crippen LogP contribution in [0, 0.1) is 0 Å². The number of carboxylic acid groups (broad SMARTS) is 1. The third kappa shape index (κ3) is 8.27. The van der Waals surface area contributed by atoms with Crippen LogP contribution in [-0.2, 0) is 31.5 Å². The molecular weight excluding hydrogens is 789 g/mol. The summed E-state index contributed by atoms with van der Waals surface area (Å²) >= 11 is 2.63. The minimum atomic E-state index is -4.02. The first-order valence-corrected chi connectivity index (χ1v) is 20.4. The van der Waals surface area contributed by atoms with Crippen LogP contribution in [-0.4, -0.2) is 126 Å². The summed E-state index contributed by atoms with van der Waals surface area (Å²) in [5.74, 6) is -2.99. The summed E-state index contributed by atoms with van der Waals surface area (Å²) in [6.07, 6.45) is 1.55. The van der Waals surface area contributed by atoms with Crippen LogP contribution in [0.2, 0.25) is 0 Å². The summed E-state index contributed by atoms with van der Waals surface area (Å²) in [5, 5.41) is 41.5. The summed E-state index contributed by atoms with van der Waals surface area (Å²) in [5.41, 5.74) is 0.285. The largest absolute Gasteiger partial charge is 0.477 e. The van der Waals surface area contributed by atoms with Gasteiger partial charge in [-0.1, -0.05) is 47.7 Å². The lowest BCUT2D eigenvalue weighted by Gasteiger charge is -2.49. The fraction of sp³-hybridized carbons (Fsp3) is 0.286. The Morgan fingerprint density at radius 2 is 1.73 bits per heavy atom. The molecule has 6 rings (SSSR count). The molecule has 2 aromatic carbocycles. The Morgan fingerprint density at radius 3 is 2.34 bits per heavy atom. The van der Waals surface area contributed by atoms with Crippen molar-refractivity contribution in [1.82, 2.24) is 39.8 Å². The molecular formula is C35H36N8O10S3. The number of aryl methyl sites for hydroxylation is 1. The number of aromatic nitrogens is 4. The van der Waals surface area contributed by atoms with Gasteiger partial charge in [-0.2, -0.15) is 4.31 Å². The smallest absolute Gasteiger partial charge is 0.352 e. The topological polar surface area (TPSA) is 257 Å². The number of aliphatic carboxylic acids is 1. The number of β-lactam (4-membered cyclic amide) rings is 1. The van der Waals surface area contributed by atoms with Crippen molar-refractivity contribution in [3.63, 3.8) is 0 Å².